The molecule has 3 rings (SSSR count). The van der Waals surface area contributed by atoms with Gasteiger partial charge in [-0.05, 0) is 50.8 Å². The molecule has 0 radical (unpaired) electrons. The highest BCUT2D eigenvalue weighted by molar-refractivity contribution is 5.94. The molecule has 2 heterocycles. The van der Waals surface area contributed by atoms with Crippen molar-refractivity contribution in [2.45, 2.75) is 38.6 Å². The molecule has 0 aromatic carbocycles. The summed E-state index contributed by atoms with van der Waals surface area (Å²) in [5.41, 5.74) is 2.75. The Morgan fingerprint density at radius 2 is 2.16 bits per heavy atom. The highest BCUT2D eigenvalue weighted by atomic mass is 16.5. The normalized spacial score (nSPS) is 13.0. The summed E-state index contributed by atoms with van der Waals surface area (Å²) < 4.78 is 5.63. The number of carbonyl (C=O) groups excluding carboxylic acids is 1. The maximum absolute atomic E-state index is 12.5. The Labute approximate surface area is 146 Å². The third-order valence-corrected chi connectivity index (χ3v) is 4.08. The van der Waals surface area contributed by atoms with E-state index in [4.69, 9.17) is 10.00 Å². The van der Waals surface area contributed by atoms with E-state index in [9.17, 15) is 4.79 Å². The number of nitrogens with one attached hydrogen (secondary N) is 1. The Kier molecular flexibility index (Phi) is 4.66. The average Bonchev–Trinajstić information content (AvgIpc) is 3.08. The van der Waals surface area contributed by atoms with Gasteiger partial charge in [-0.1, -0.05) is 0 Å². The highest BCUT2D eigenvalue weighted by Gasteiger charge is 2.24. The summed E-state index contributed by atoms with van der Waals surface area (Å²) in [6, 6.07) is 7.22. The molecule has 0 bridgehead atoms. The van der Waals surface area contributed by atoms with Crippen LogP contribution in [0.1, 0.15) is 47.4 Å². The first-order valence-electron chi connectivity index (χ1n) is 8.26. The number of amides is 1. The van der Waals surface area contributed by atoms with Crippen LogP contribution in [0.4, 0.5) is 0 Å². The molecule has 0 saturated heterocycles. The SMILES string of the molecule is CC(C)(COc1ccc(C#N)cn1)NC(=O)c1cnc2c(c1)CCC2. The van der Waals surface area contributed by atoms with Gasteiger partial charge in [0.05, 0.1) is 16.7 Å². The van der Waals surface area contributed by atoms with Crippen molar-refractivity contribution in [3.05, 3.63) is 53.0 Å². The van der Waals surface area contributed by atoms with Crippen LogP contribution in [-0.4, -0.2) is 28.0 Å². The Balaban J connectivity index is 1.60. The van der Waals surface area contributed by atoms with Gasteiger partial charge in [-0.2, -0.15) is 5.26 Å². The van der Waals surface area contributed by atoms with Crippen molar-refractivity contribution in [2.75, 3.05) is 6.61 Å². The van der Waals surface area contributed by atoms with Crippen molar-refractivity contribution in [1.29, 1.82) is 5.26 Å². The Morgan fingerprint density at radius 1 is 1.32 bits per heavy atom. The van der Waals surface area contributed by atoms with Gasteiger partial charge in [0, 0.05) is 24.2 Å². The largest absolute Gasteiger partial charge is 0.475 e. The van der Waals surface area contributed by atoms with E-state index in [1.807, 2.05) is 26.0 Å². The first-order chi connectivity index (χ1) is 12.0. The molecule has 0 aliphatic heterocycles. The van der Waals surface area contributed by atoms with Crippen molar-refractivity contribution < 1.29 is 9.53 Å². The average molecular weight is 336 g/mol. The molecule has 2 aromatic rings. The number of pyridine rings is 2. The van der Waals surface area contributed by atoms with Crippen LogP contribution in [0.15, 0.2) is 30.6 Å². The van der Waals surface area contributed by atoms with E-state index in [2.05, 4.69) is 15.3 Å². The second kappa shape index (κ2) is 6.89. The van der Waals surface area contributed by atoms with E-state index in [0.717, 1.165) is 25.0 Å². The van der Waals surface area contributed by atoms with Crippen LogP contribution >= 0.6 is 0 Å². The fourth-order valence-corrected chi connectivity index (χ4v) is 2.75. The number of hydrogen-bond donors (Lipinski definition) is 1. The number of fused-ring (bicyclic) bond motifs is 1. The molecule has 0 spiro atoms. The molecule has 1 amide bonds. The minimum atomic E-state index is -0.578. The van der Waals surface area contributed by atoms with Crippen LogP contribution in [0.2, 0.25) is 0 Å². The Hall–Kier alpha value is -2.94. The minimum absolute atomic E-state index is 0.163. The van der Waals surface area contributed by atoms with Crippen LogP contribution in [0.3, 0.4) is 0 Å². The molecule has 6 nitrogen and oxygen atoms in total. The van der Waals surface area contributed by atoms with E-state index in [-0.39, 0.29) is 12.5 Å². The maximum Gasteiger partial charge on any atom is 0.253 e. The zero-order valence-electron chi connectivity index (χ0n) is 14.4. The summed E-state index contributed by atoms with van der Waals surface area (Å²) in [5.74, 6) is 0.254. The van der Waals surface area contributed by atoms with E-state index >= 15 is 0 Å². The smallest absolute Gasteiger partial charge is 0.253 e. The minimum Gasteiger partial charge on any atom is -0.475 e. The van der Waals surface area contributed by atoms with E-state index in [1.54, 1.807) is 18.3 Å². The molecule has 1 aliphatic carbocycles. The number of nitrogens with zero attached hydrogens (tertiary/aromatic N) is 3. The van der Waals surface area contributed by atoms with Gasteiger partial charge in [0.25, 0.3) is 5.91 Å². The number of aryl methyl sites for hydroxylation is 2. The zero-order valence-corrected chi connectivity index (χ0v) is 14.4. The fourth-order valence-electron chi connectivity index (χ4n) is 2.75. The lowest BCUT2D eigenvalue weighted by molar-refractivity contribution is 0.0878. The Morgan fingerprint density at radius 3 is 2.88 bits per heavy atom. The van der Waals surface area contributed by atoms with Crippen molar-refractivity contribution in [1.82, 2.24) is 15.3 Å². The zero-order chi connectivity index (χ0) is 17.9. The number of hydrogen-bond acceptors (Lipinski definition) is 5. The molecular weight excluding hydrogens is 316 g/mol. The third kappa shape index (κ3) is 4.13. The molecule has 128 valence electrons. The van der Waals surface area contributed by atoms with Gasteiger partial charge in [0.1, 0.15) is 12.7 Å². The maximum atomic E-state index is 12.5. The van der Waals surface area contributed by atoms with Crippen LogP contribution in [0.5, 0.6) is 5.88 Å². The topological polar surface area (TPSA) is 87.9 Å². The van der Waals surface area contributed by atoms with Gasteiger partial charge < -0.3 is 10.1 Å². The summed E-state index contributed by atoms with van der Waals surface area (Å²) in [6.07, 6.45) is 6.18. The molecule has 25 heavy (non-hydrogen) atoms. The summed E-state index contributed by atoms with van der Waals surface area (Å²) >= 11 is 0. The van der Waals surface area contributed by atoms with Gasteiger partial charge in [-0.3, -0.25) is 9.78 Å². The van der Waals surface area contributed by atoms with E-state index in [1.165, 1.54) is 11.8 Å². The second-order valence-electron chi connectivity index (χ2n) is 6.81. The first-order valence-corrected chi connectivity index (χ1v) is 8.26. The molecule has 6 heteroatoms. The monoisotopic (exact) mass is 336 g/mol. The van der Waals surface area contributed by atoms with Crippen molar-refractivity contribution in [2.24, 2.45) is 0 Å². The third-order valence-electron chi connectivity index (χ3n) is 4.08. The van der Waals surface area contributed by atoms with Crippen LogP contribution in [0, 0.1) is 11.3 Å². The molecule has 0 unspecified atom stereocenters. The summed E-state index contributed by atoms with van der Waals surface area (Å²) in [4.78, 5) is 21.0. The molecule has 0 saturated carbocycles. The Bertz CT molecular complexity index is 822. The van der Waals surface area contributed by atoms with E-state index in [0.29, 0.717) is 17.0 Å². The highest BCUT2D eigenvalue weighted by Crippen LogP contribution is 2.20. The molecule has 0 fully saturated rings. The number of rotatable bonds is 5. The predicted octanol–water partition coefficient (Wildman–Crippen LogP) is 2.42. The van der Waals surface area contributed by atoms with Crippen molar-refractivity contribution in [3.63, 3.8) is 0 Å². The lowest BCUT2D eigenvalue weighted by atomic mass is 10.1. The van der Waals surface area contributed by atoms with Gasteiger partial charge in [0.15, 0.2) is 0 Å². The first kappa shape index (κ1) is 16.9. The van der Waals surface area contributed by atoms with Crippen LogP contribution < -0.4 is 10.1 Å². The lowest BCUT2D eigenvalue weighted by Crippen LogP contribution is -2.48. The molecular formula is C19H20N4O2. The summed E-state index contributed by atoms with van der Waals surface area (Å²) in [6.45, 7) is 4.03. The fraction of sp³-hybridized carbons (Fsp3) is 0.368. The molecule has 2 aromatic heterocycles. The molecule has 1 aliphatic rings. The quantitative estimate of drug-likeness (QED) is 0.906. The van der Waals surface area contributed by atoms with Gasteiger partial charge in [-0.15, -0.1) is 0 Å². The number of carbonyl (C=O) groups is 1. The summed E-state index contributed by atoms with van der Waals surface area (Å²) in [5, 5.41) is 11.7. The van der Waals surface area contributed by atoms with Gasteiger partial charge in [-0.25, -0.2) is 4.98 Å². The number of aromatic nitrogens is 2. The van der Waals surface area contributed by atoms with Gasteiger partial charge >= 0.3 is 0 Å². The van der Waals surface area contributed by atoms with Crippen LogP contribution in [0.25, 0.3) is 0 Å². The van der Waals surface area contributed by atoms with Crippen LogP contribution in [-0.2, 0) is 12.8 Å². The van der Waals surface area contributed by atoms with Crippen molar-refractivity contribution in [3.8, 4) is 11.9 Å². The van der Waals surface area contributed by atoms with E-state index < -0.39 is 5.54 Å². The molecule has 0 atom stereocenters. The number of nitriles is 1. The molecule has 1 N–H and O–H groups in total. The number of ether oxygens (including phenoxy) is 1. The second-order valence-corrected chi connectivity index (χ2v) is 6.81. The predicted molar refractivity (Wildman–Crippen MR) is 92.3 cm³/mol. The lowest BCUT2D eigenvalue weighted by Gasteiger charge is -2.26. The van der Waals surface area contributed by atoms with Crippen molar-refractivity contribution >= 4 is 5.91 Å². The standard InChI is InChI=1S/C19H20N4O2/c1-19(2,12-25-17-7-6-13(9-20)10-22-17)23-18(24)15-8-14-4-3-5-16(14)21-11-15/h6-8,10-11H,3-5,12H2,1-2H3,(H,23,24). The van der Waals surface area contributed by atoms with Gasteiger partial charge in [0.2, 0.25) is 5.88 Å². The summed E-state index contributed by atoms with van der Waals surface area (Å²) in [7, 11) is 0.